The van der Waals surface area contributed by atoms with E-state index in [0.717, 1.165) is 48.2 Å². The summed E-state index contributed by atoms with van der Waals surface area (Å²) in [7, 11) is 1.65. The first-order chi connectivity index (χ1) is 11.2. The zero-order valence-electron chi connectivity index (χ0n) is 13.0. The van der Waals surface area contributed by atoms with Gasteiger partial charge in [0.2, 0.25) is 0 Å². The van der Waals surface area contributed by atoms with Crippen molar-refractivity contribution >= 4 is 22.9 Å². The van der Waals surface area contributed by atoms with Crippen molar-refractivity contribution in [2.24, 2.45) is 0 Å². The van der Waals surface area contributed by atoms with Gasteiger partial charge in [0.1, 0.15) is 16.6 Å². The average molecular weight is 330 g/mol. The lowest BCUT2D eigenvalue weighted by molar-refractivity contribution is 0.392. The van der Waals surface area contributed by atoms with Crippen LogP contribution in [-0.2, 0) is 0 Å². The predicted molar refractivity (Wildman–Crippen MR) is 94.9 cm³/mol. The Morgan fingerprint density at radius 2 is 1.57 bits per heavy atom. The fourth-order valence-electron chi connectivity index (χ4n) is 2.74. The van der Waals surface area contributed by atoms with Crippen molar-refractivity contribution in [3.63, 3.8) is 0 Å². The summed E-state index contributed by atoms with van der Waals surface area (Å²) < 4.78 is 18.2. The van der Waals surface area contributed by atoms with E-state index in [4.69, 9.17) is 17.0 Å². The van der Waals surface area contributed by atoms with Gasteiger partial charge in [0.05, 0.1) is 7.11 Å². The second kappa shape index (κ2) is 6.96. The van der Waals surface area contributed by atoms with E-state index < -0.39 is 0 Å². The number of thiocarbonyl (C=S) groups is 1. The number of nitrogens with zero attached hydrogens (tertiary/aromatic N) is 2. The highest BCUT2D eigenvalue weighted by Crippen LogP contribution is 2.19. The molecule has 120 valence electrons. The standard InChI is InChI=1S/C18H19FN2OS/c1-22-17-8-2-14(3-9-17)18(23)21-12-10-20(11-13-21)16-6-4-15(19)5-7-16/h2-9H,10-13H2,1H3. The van der Waals surface area contributed by atoms with Crippen LogP contribution in [0.15, 0.2) is 48.5 Å². The Bertz CT molecular complexity index is 664. The first-order valence-electron chi connectivity index (χ1n) is 7.61. The largest absolute Gasteiger partial charge is 0.497 e. The third kappa shape index (κ3) is 3.62. The molecule has 2 aromatic carbocycles. The van der Waals surface area contributed by atoms with Crippen LogP contribution in [0.25, 0.3) is 0 Å². The number of halogens is 1. The van der Waals surface area contributed by atoms with Crippen LogP contribution in [0.3, 0.4) is 0 Å². The summed E-state index contributed by atoms with van der Waals surface area (Å²) in [5.74, 6) is 0.630. The lowest BCUT2D eigenvalue weighted by Gasteiger charge is -2.37. The number of hydrogen-bond donors (Lipinski definition) is 0. The molecule has 0 saturated carbocycles. The summed E-state index contributed by atoms with van der Waals surface area (Å²) in [6.45, 7) is 3.48. The van der Waals surface area contributed by atoms with E-state index in [2.05, 4.69) is 9.80 Å². The second-order valence-corrected chi connectivity index (χ2v) is 5.87. The van der Waals surface area contributed by atoms with Gasteiger partial charge in [-0.3, -0.25) is 0 Å². The fraction of sp³-hybridized carbons (Fsp3) is 0.278. The maximum atomic E-state index is 13.0. The van der Waals surface area contributed by atoms with E-state index >= 15 is 0 Å². The van der Waals surface area contributed by atoms with Crippen LogP contribution >= 0.6 is 12.2 Å². The van der Waals surface area contributed by atoms with Gasteiger partial charge in [0, 0.05) is 37.4 Å². The molecule has 0 bridgehead atoms. The summed E-state index contributed by atoms with van der Waals surface area (Å²) in [4.78, 5) is 5.34. The van der Waals surface area contributed by atoms with Crippen LogP contribution in [-0.4, -0.2) is 43.2 Å². The van der Waals surface area contributed by atoms with Crippen LogP contribution in [0, 0.1) is 5.82 Å². The number of benzene rings is 2. The van der Waals surface area contributed by atoms with Crippen LogP contribution < -0.4 is 9.64 Å². The minimum atomic E-state index is -0.201. The maximum Gasteiger partial charge on any atom is 0.123 e. The van der Waals surface area contributed by atoms with Gasteiger partial charge in [-0.1, -0.05) is 12.2 Å². The van der Waals surface area contributed by atoms with Crippen LogP contribution in [0.4, 0.5) is 10.1 Å². The Morgan fingerprint density at radius 3 is 2.13 bits per heavy atom. The monoisotopic (exact) mass is 330 g/mol. The van der Waals surface area contributed by atoms with Crippen LogP contribution in [0.1, 0.15) is 5.56 Å². The van der Waals surface area contributed by atoms with E-state index in [1.54, 1.807) is 7.11 Å². The molecule has 2 aromatic rings. The minimum Gasteiger partial charge on any atom is -0.497 e. The predicted octanol–water partition coefficient (Wildman–Crippen LogP) is 3.33. The number of methoxy groups -OCH3 is 1. The Morgan fingerprint density at radius 1 is 0.957 bits per heavy atom. The SMILES string of the molecule is COc1ccc(C(=S)N2CCN(c3ccc(F)cc3)CC2)cc1. The molecule has 0 atom stereocenters. The van der Waals surface area contributed by atoms with E-state index in [0.29, 0.717) is 0 Å². The summed E-state index contributed by atoms with van der Waals surface area (Å²) in [6.07, 6.45) is 0. The fourth-order valence-corrected chi connectivity index (χ4v) is 3.05. The highest BCUT2D eigenvalue weighted by Gasteiger charge is 2.20. The van der Waals surface area contributed by atoms with Gasteiger partial charge in [0.25, 0.3) is 0 Å². The Hall–Kier alpha value is -2.14. The number of ether oxygens (including phenoxy) is 1. The third-order valence-electron chi connectivity index (χ3n) is 4.10. The smallest absolute Gasteiger partial charge is 0.123 e. The first kappa shape index (κ1) is 15.7. The number of rotatable bonds is 3. The van der Waals surface area contributed by atoms with Crippen molar-refractivity contribution in [1.29, 1.82) is 0 Å². The molecule has 5 heteroatoms. The minimum absolute atomic E-state index is 0.201. The van der Waals surface area contributed by atoms with Gasteiger partial charge in [-0.25, -0.2) is 4.39 Å². The number of piperazine rings is 1. The highest BCUT2D eigenvalue weighted by atomic mass is 32.1. The molecule has 1 aliphatic rings. The van der Waals surface area contributed by atoms with Gasteiger partial charge in [-0.15, -0.1) is 0 Å². The Labute approximate surface area is 141 Å². The summed E-state index contributed by atoms with van der Waals surface area (Å²) in [5, 5.41) is 0. The van der Waals surface area contributed by atoms with Gasteiger partial charge < -0.3 is 14.5 Å². The molecule has 23 heavy (non-hydrogen) atoms. The van der Waals surface area contributed by atoms with E-state index in [-0.39, 0.29) is 5.82 Å². The van der Waals surface area contributed by atoms with Crippen molar-refractivity contribution in [2.45, 2.75) is 0 Å². The van der Waals surface area contributed by atoms with Crippen LogP contribution in [0.2, 0.25) is 0 Å². The van der Waals surface area contributed by atoms with E-state index in [1.165, 1.54) is 12.1 Å². The third-order valence-corrected chi connectivity index (χ3v) is 4.59. The molecule has 1 saturated heterocycles. The zero-order chi connectivity index (χ0) is 16.2. The number of anilines is 1. The lowest BCUT2D eigenvalue weighted by atomic mass is 10.1. The zero-order valence-corrected chi connectivity index (χ0v) is 13.9. The topological polar surface area (TPSA) is 15.7 Å². The maximum absolute atomic E-state index is 13.0. The molecule has 3 rings (SSSR count). The van der Waals surface area contributed by atoms with Gasteiger partial charge in [-0.2, -0.15) is 0 Å². The normalized spacial score (nSPS) is 14.7. The lowest BCUT2D eigenvalue weighted by Crippen LogP contribution is -2.48. The Balaban J connectivity index is 1.61. The van der Waals surface area contributed by atoms with Crippen molar-refractivity contribution < 1.29 is 9.13 Å². The number of hydrogen-bond acceptors (Lipinski definition) is 3. The molecule has 1 aliphatic heterocycles. The summed E-state index contributed by atoms with van der Waals surface area (Å²) >= 11 is 5.61. The van der Waals surface area contributed by atoms with Gasteiger partial charge in [0.15, 0.2) is 0 Å². The summed E-state index contributed by atoms with van der Waals surface area (Å²) in [5.41, 5.74) is 2.09. The molecule has 0 aromatic heterocycles. The van der Waals surface area contributed by atoms with Crippen molar-refractivity contribution in [3.8, 4) is 5.75 Å². The molecule has 1 heterocycles. The summed E-state index contributed by atoms with van der Waals surface area (Å²) in [6, 6.07) is 14.5. The molecule has 0 unspecified atom stereocenters. The molecular formula is C18H19FN2OS. The molecule has 0 N–H and O–H groups in total. The second-order valence-electron chi connectivity index (χ2n) is 5.48. The molecular weight excluding hydrogens is 311 g/mol. The van der Waals surface area contributed by atoms with E-state index in [1.807, 2.05) is 36.4 Å². The van der Waals surface area contributed by atoms with Gasteiger partial charge >= 0.3 is 0 Å². The van der Waals surface area contributed by atoms with Crippen molar-refractivity contribution in [1.82, 2.24) is 4.90 Å². The molecule has 0 aliphatic carbocycles. The van der Waals surface area contributed by atoms with Crippen LogP contribution in [0.5, 0.6) is 5.75 Å². The van der Waals surface area contributed by atoms with Gasteiger partial charge in [-0.05, 0) is 48.5 Å². The van der Waals surface area contributed by atoms with Crippen molar-refractivity contribution in [3.05, 3.63) is 59.9 Å². The first-order valence-corrected chi connectivity index (χ1v) is 8.02. The molecule has 0 amide bonds. The molecule has 0 spiro atoms. The Kier molecular flexibility index (Phi) is 4.76. The van der Waals surface area contributed by atoms with E-state index in [9.17, 15) is 4.39 Å². The molecule has 3 nitrogen and oxygen atoms in total. The van der Waals surface area contributed by atoms with Crippen molar-refractivity contribution in [2.75, 3.05) is 38.2 Å². The molecule has 0 radical (unpaired) electrons. The highest BCUT2D eigenvalue weighted by molar-refractivity contribution is 7.80. The quantitative estimate of drug-likeness (QED) is 0.802. The molecule has 1 fully saturated rings. The average Bonchev–Trinajstić information content (AvgIpc) is 2.62.